The largest absolute Gasteiger partial charge is 0.410 e. The lowest BCUT2D eigenvalue weighted by Gasteiger charge is -2.42. The standard InChI is InChI=1S/C16H32O2Si/c1-13(12-17)15(14-10-8-7-9-11-14)18-19(5,6)16(2,3)4/h14-15,17H,1,7-12H2,2-6H3. The Balaban J connectivity index is 2.83. The molecule has 1 saturated carbocycles. The molecule has 0 aromatic rings. The fourth-order valence-corrected chi connectivity index (χ4v) is 3.88. The molecule has 19 heavy (non-hydrogen) atoms. The molecule has 0 aliphatic heterocycles. The molecule has 0 radical (unpaired) electrons. The molecule has 1 fully saturated rings. The zero-order valence-corrected chi connectivity index (χ0v) is 14.5. The molecule has 1 N–H and O–H groups in total. The Morgan fingerprint density at radius 3 is 2.21 bits per heavy atom. The van der Waals surface area contributed by atoms with Gasteiger partial charge in [-0.2, -0.15) is 0 Å². The van der Waals surface area contributed by atoms with E-state index in [4.69, 9.17) is 4.43 Å². The predicted molar refractivity (Wildman–Crippen MR) is 84.9 cm³/mol. The highest BCUT2D eigenvalue weighted by Crippen LogP contribution is 2.40. The number of rotatable bonds is 5. The van der Waals surface area contributed by atoms with Gasteiger partial charge in [0, 0.05) is 0 Å². The van der Waals surface area contributed by atoms with Gasteiger partial charge in [0.05, 0.1) is 12.7 Å². The van der Waals surface area contributed by atoms with Gasteiger partial charge in [0.1, 0.15) is 0 Å². The van der Waals surface area contributed by atoms with E-state index in [0.717, 1.165) is 5.57 Å². The second-order valence-electron chi connectivity index (χ2n) is 7.51. The third-order valence-electron chi connectivity index (χ3n) is 4.91. The molecule has 112 valence electrons. The van der Waals surface area contributed by atoms with Gasteiger partial charge >= 0.3 is 0 Å². The molecule has 1 aliphatic rings. The number of aliphatic hydroxyl groups excluding tert-OH is 1. The van der Waals surface area contributed by atoms with Crippen molar-refractivity contribution in [3.63, 3.8) is 0 Å². The number of hydrogen-bond acceptors (Lipinski definition) is 2. The number of hydrogen-bond donors (Lipinski definition) is 1. The molecule has 0 aromatic heterocycles. The highest BCUT2D eigenvalue weighted by Gasteiger charge is 2.41. The first-order valence-electron chi connectivity index (χ1n) is 7.65. The first-order valence-corrected chi connectivity index (χ1v) is 10.6. The van der Waals surface area contributed by atoms with Gasteiger partial charge in [-0.25, -0.2) is 0 Å². The summed E-state index contributed by atoms with van der Waals surface area (Å²) in [7, 11) is -1.80. The molecule has 0 aromatic carbocycles. The average Bonchev–Trinajstić information content (AvgIpc) is 2.35. The SMILES string of the molecule is C=C(CO)C(O[Si](C)(C)C(C)(C)C)C1CCCCC1. The summed E-state index contributed by atoms with van der Waals surface area (Å²) in [6, 6.07) is 0. The lowest BCUT2D eigenvalue weighted by atomic mass is 9.83. The second-order valence-corrected chi connectivity index (χ2v) is 12.3. The third kappa shape index (κ3) is 4.43. The van der Waals surface area contributed by atoms with Gasteiger partial charge in [0.25, 0.3) is 0 Å². The van der Waals surface area contributed by atoms with Crippen molar-refractivity contribution in [1.82, 2.24) is 0 Å². The van der Waals surface area contributed by atoms with Crippen molar-refractivity contribution in [2.24, 2.45) is 5.92 Å². The van der Waals surface area contributed by atoms with Gasteiger partial charge < -0.3 is 9.53 Å². The first-order chi connectivity index (χ1) is 8.69. The molecule has 1 atom stereocenters. The van der Waals surface area contributed by atoms with Crippen molar-refractivity contribution in [3.8, 4) is 0 Å². The van der Waals surface area contributed by atoms with E-state index < -0.39 is 8.32 Å². The molecular weight excluding hydrogens is 252 g/mol. The van der Waals surface area contributed by atoms with Crippen molar-refractivity contribution in [2.45, 2.75) is 77.1 Å². The first kappa shape index (κ1) is 16.9. The molecule has 0 heterocycles. The van der Waals surface area contributed by atoms with Crippen molar-refractivity contribution in [3.05, 3.63) is 12.2 Å². The van der Waals surface area contributed by atoms with Crippen LogP contribution in [0.3, 0.4) is 0 Å². The van der Waals surface area contributed by atoms with Crippen LogP contribution in [0, 0.1) is 5.92 Å². The Kier molecular flexibility index (Phi) is 5.84. The molecule has 3 heteroatoms. The van der Waals surface area contributed by atoms with Crippen molar-refractivity contribution in [1.29, 1.82) is 0 Å². The molecule has 1 aliphatic carbocycles. The van der Waals surface area contributed by atoms with Gasteiger partial charge in [-0.15, -0.1) is 0 Å². The minimum Gasteiger partial charge on any atom is -0.410 e. The van der Waals surface area contributed by atoms with Crippen LogP contribution in [0.4, 0.5) is 0 Å². The zero-order chi connectivity index (χ0) is 14.7. The summed E-state index contributed by atoms with van der Waals surface area (Å²) in [5, 5.41) is 9.68. The molecule has 0 amide bonds. The van der Waals surface area contributed by atoms with Crippen LogP contribution >= 0.6 is 0 Å². The van der Waals surface area contributed by atoms with Gasteiger partial charge in [-0.1, -0.05) is 46.6 Å². The van der Waals surface area contributed by atoms with Crippen molar-refractivity contribution in [2.75, 3.05) is 6.61 Å². The maximum absolute atomic E-state index is 9.47. The summed E-state index contributed by atoms with van der Waals surface area (Å²) < 4.78 is 6.57. The quantitative estimate of drug-likeness (QED) is 0.595. The summed E-state index contributed by atoms with van der Waals surface area (Å²) in [5.74, 6) is 0.558. The van der Waals surface area contributed by atoms with Gasteiger partial charge in [-0.3, -0.25) is 0 Å². The Morgan fingerprint density at radius 2 is 1.79 bits per heavy atom. The van der Waals surface area contributed by atoms with Crippen LogP contribution < -0.4 is 0 Å². The minimum atomic E-state index is -1.80. The molecule has 1 rings (SSSR count). The maximum Gasteiger partial charge on any atom is 0.192 e. The third-order valence-corrected chi connectivity index (χ3v) is 9.37. The molecule has 1 unspecified atom stereocenters. The van der Waals surface area contributed by atoms with E-state index in [9.17, 15) is 5.11 Å². The summed E-state index contributed by atoms with van der Waals surface area (Å²) >= 11 is 0. The van der Waals surface area contributed by atoms with Crippen LogP contribution in [0.25, 0.3) is 0 Å². The van der Waals surface area contributed by atoms with E-state index in [1.807, 2.05) is 0 Å². The molecule has 0 spiro atoms. The Labute approximate surface area is 120 Å². The highest BCUT2D eigenvalue weighted by atomic mass is 28.4. The fourth-order valence-electron chi connectivity index (χ4n) is 2.53. The van der Waals surface area contributed by atoms with Gasteiger partial charge in [0.15, 0.2) is 8.32 Å². The van der Waals surface area contributed by atoms with Crippen LogP contribution in [0.15, 0.2) is 12.2 Å². The maximum atomic E-state index is 9.47. The monoisotopic (exact) mass is 284 g/mol. The average molecular weight is 285 g/mol. The lowest BCUT2D eigenvalue weighted by Crippen LogP contribution is -2.47. The zero-order valence-electron chi connectivity index (χ0n) is 13.5. The van der Waals surface area contributed by atoms with Crippen molar-refractivity contribution < 1.29 is 9.53 Å². The van der Waals surface area contributed by atoms with E-state index in [2.05, 4.69) is 40.4 Å². The summed E-state index contributed by atoms with van der Waals surface area (Å²) in [4.78, 5) is 0. The summed E-state index contributed by atoms with van der Waals surface area (Å²) in [6.45, 7) is 15.5. The normalized spacial score (nSPS) is 20.3. The van der Waals surface area contributed by atoms with Crippen molar-refractivity contribution >= 4 is 8.32 Å². The van der Waals surface area contributed by atoms with E-state index in [1.54, 1.807) is 0 Å². The minimum absolute atomic E-state index is 0.0514. The molecule has 2 nitrogen and oxygen atoms in total. The molecule has 0 saturated heterocycles. The van der Waals surface area contributed by atoms with E-state index in [-0.39, 0.29) is 17.7 Å². The van der Waals surface area contributed by atoms with Crippen LogP contribution in [0.1, 0.15) is 52.9 Å². The fraction of sp³-hybridized carbons (Fsp3) is 0.875. The highest BCUT2D eigenvalue weighted by molar-refractivity contribution is 6.74. The lowest BCUT2D eigenvalue weighted by molar-refractivity contribution is 0.111. The van der Waals surface area contributed by atoms with Crippen LogP contribution in [-0.4, -0.2) is 26.1 Å². The van der Waals surface area contributed by atoms with E-state index in [1.165, 1.54) is 32.1 Å². The summed E-state index contributed by atoms with van der Waals surface area (Å²) in [5.41, 5.74) is 0.872. The van der Waals surface area contributed by atoms with E-state index >= 15 is 0 Å². The van der Waals surface area contributed by atoms with Gasteiger partial charge in [0.2, 0.25) is 0 Å². The molecule has 0 bridgehead atoms. The van der Waals surface area contributed by atoms with Crippen LogP contribution in [-0.2, 0) is 4.43 Å². The Bertz CT molecular complexity index is 298. The van der Waals surface area contributed by atoms with Crippen LogP contribution in [0.2, 0.25) is 18.1 Å². The Morgan fingerprint density at radius 1 is 1.26 bits per heavy atom. The second kappa shape index (κ2) is 6.55. The summed E-state index contributed by atoms with van der Waals surface area (Å²) in [6.07, 6.45) is 6.43. The Hall–Kier alpha value is -0.123. The smallest absolute Gasteiger partial charge is 0.192 e. The van der Waals surface area contributed by atoms with Crippen LogP contribution in [0.5, 0.6) is 0 Å². The van der Waals surface area contributed by atoms with Gasteiger partial charge in [-0.05, 0) is 42.5 Å². The predicted octanol–water partition coefficient (Wildman–Crippen LogP) is 4.51. The van der Waals surface area contributed by atoms with E-state index in [0.29, 0.717) is 5.92 Å². The molecular formula is C16H32O2Si. The topological polar surface area (TPSA) is 29.5 Å². The number of aliphatic hydroxyl groups is 1.